The third-order valence-electron chi connectivity index (χ3n) is 4.20. The molecular formula is C21H23N3OS2. The molecule has 27 heavy (non-hydrogen) atoms. The fraction of sp³-hybridized carbons (Fsp3) is 0.238. The van der Waals surface area contributed by atoms with Crippen LogP contribution in [0.4, 0.5) is 5.69 Å². The summed E-state index contributed by atoms with van der Waals surface area (Å²) in [5, 5.41) is 3.54. The van der Waals surface area contributed by atoms with Crippen LogP contribution in [0.5, 0.6) is 0 Å². The molecule has 6 heteroatoms. The van der Waals surface area contributed by atoms with Gasteiger partial charge in [-0.3, -0.25) is 4.79 Å². The van der Waals surface area contributed by atoms with Gasteiger partial charge in [-0.1, -0.05) is 54.2 Å². The summed E-state index contributed by atoms with van der Waals surface area (Å²) in [4.78, 5) is 21.6. The van der Waals surface area contributed by atoms with Gasteiger partial charge in [0.05, 0.1) is 16.6 Å². The van der Waals surface area contributed by atoms with Crippen LogP contribution in [0.3, 0.4) is 0 Å². The van der Waals surface area contributed by atoms with E-state index in [0.29, 0.717) is 0 Å². The van der Waals surface area contributed by atoms with Crippen molar-refractivity contribution < 1.29 is 4.79 Å². The van der Waals surface area contributed by atoms with Gasteiger partial charge in [0, 0.05) is 17.0 Å². The molecule has 4 nitrogen and oxygen atoms in total. The maximum Gasteiger partial charge on any atom is 0.237 e. The monoisotopic (exact) mass is 397 g/mol. The van der Waals surface area contributed by atoms with Crippen molar-refractivity contribution in [2.45, 2.75) is 35.6 Å². The smallest absolute Gasteiger partial charge is 0.237 e. The molecule has 2 aromatic carbocycles. The predicted octanol–water partition coefficient (Wildman–Crippen LogP) is 5.15. The number of H-pyrrole nitrogens is 1. The number of nitrogens with one attached hydrogen (secondary N) is 2. The topological polar surface area (TPSA) is 57.8 Å². The highest BCUT2D eigenvalue weighted by molar-refractivity contribution is 8.00. The average molecular weight is 398 g/mol. The summed E-state index contributed by atoms with van der Waals surface area (Å²) in [6.07, 6.45) is 2.79. The summed E-state index contributed by atoms with van der Waals surface area (Å²) >= 11 is 3.06. The van der Waals surface area contributed by atoms with E-state index in [4.69, 9.17) is 4.98 Å². The van der Waals surface area contributed by atoms with Gasteiger partial charge in [-0.2, -0.15) is 0 Å². The van der Waals surface area contributed by atoms with E-state index in [-0.39, 0.29) is 11.2 Å². The van der Waals surface area contributed by atoms with Crippen LogP contribution in [-0.2, 0) is 11.2 Å². The highest BCUT2D eigenvalue weighted by Crippen LogP contribution is 2.27. The molecule has 1 atom stereocenters. The number of hydrogen-bond donors (Lipinski definition) is 2. The van der Waals surface area contributed by atoms with Crippen molar-refractivity contribution in [1.82, 2.24) is 9.97 Å². The van der Waals surface area contributed by atoms with E-state index in [2.05, 4.69) is 22.4 Å². The summed E-state index contributed by atoms with van der Waals surface area (Å²) in [6.45, 7) is 3.92. The minimum Gasteiger partial charge on any atom is -0.337 e. The standard InChI is InChI=1S/C21H23N3OS2/c1-14-18(13-16-9-5-4-6-10-16)24-21(22-14)27-15(2)20(25)23-17-11-7-8-12-19(17)26-3/h4-12,15H,13H2,1-3H3,(H,22,24)(H,23,25)/t15-/m0/s1. The summed E-state index contributed by atoms with van der Waals surface area (Å²) in [6, 6.07) is 18.1. The number of hydrogen-bond acceptors (Lipinski definition) is 4. The molecule has 1 aromatic heterocycles. The van der Waals surface area contributed by atoms with Crippen molar-refractivity contribution in [2.24, 2.45) is 0 Å². The van der Waals surface area contributed by atoms with E-state index in [1.54, 1.807) is 11.8 Å². The SMILES string of the molecule is CSc1ccccc1NC(=O)[C@H](C)Sc1nc(Cc2ccccc2)c(C)[nH]1. The van der Waals surface area contributed by atoms with Crippen molar-refractivity contribution >= 4 is 35.1 Å². The Hall–Kier alpha value is -2.18. The maximum atomic E-state index is 12.6. The number of amides is 1. The molecule has 0 saturated carbocycles. The van der Waals surface area contributed by atoms with E-state index in [1.165, 1.54) is 17.3 Å². The molecule has 3 rings (SSSR count). The summed E-state index contributed by atoms with van der Waals surface area (Å²) < 4.78 is 0. The van der Waals surface area contributed by atoms with Gasteiger partial charge in [-0.25, -0.2) is 4.98 Å². The average Bonchev–Trinajstić information content (AvgIpc) is 3.01. The molecule has 0 unspecified atom stereocenters. The van der Waals surface area contributed by atoms with Gasteiger partial charge < -0.3 is 10.3 Å². The van der Waals surface area contributed by atoms with Crippen molar-refractivity contribution in [3.63, 3.8) is 0 Å². The number of carbonyl (C=O) groups excluding carboxylic acids is 1. The lowest BCUT2D eigenvalue weighted by Gasteiger charge is -2.12. The number of benzene rings is 2. The number of rotatable bonds is 7. The molecule has 0 aliphatic carbocycles. The van der Waals surface area contributed by atoms with E-state index in [0.717, 1.165) is 33.5 Å². The third kappa shape index (κ3) is 5.17. The van der Waals surface area contributed by atoms with Gasteiger partial charge in [0.1, 0.15) is 0 Å². The predicted molar refractivity (Wildman–Crippen MR) is 115 cm³/mol. The number of thioether (sulfide) groups is 2. The minimum absolute atomic E-state index is 0.0276. The maximum absolute atomic E-state index is 12.6. The number of aromatic amines is 1. The number of nitrogens with zero attached hydrogens (tertiary/aromatic N) is 1. The van der Waals surface area contributed by atoms with Gasteiger partial charge in [-0.05, 0) is 37.8 Å². The number of aryl methyl sites for hydroxylation is 1. The van der Waals surface area contributed by atoms with Gasteiger partial charge in [0.2, 0.25) is 5.91 Å². The van der Waals surface area contributed by atoms with Crippen LogP contribution >= 0.6 is 23.5 Å². The Morgan fingerprint density at radius 1 is 1.15 bits per heavy atom. The first-order valence-corrected chi connectivity index (χ1v) is 10.9. The Bertz CT molecular complexity index is 909. The summed E-state index contributed by atoms with van der Waals surface area (Å²) in [7, 11) is 0. The zero-order valence-electron chi connectivity index (χ0n) is 15.7. The second-order valence-electron chi connectivity index (χ2n) is 6.23. The Balaban J connectivity index is 1.64. The van der Waals surface area contributed by atoms with Gasteiger partial charge in [-0.15, -0.1) is 11.8 Å². The normalized spacial score (nSPS) is 12.0. The van der Waals surface area contributed by atoms with Crippen LogP contribution in [-0.4, -0.2) is 27.4 Å². The largest absolute Gasteiger partial charge is 0.337 e. The van der Waals surface area contributed by atoms with Gasteiger partial charge >= 0.3 is 0 Å². The van der Waals surface area contributed by atoms with Crippen molar-refractivity contribution in [3.8, 4) is 0 Å². The first-order valence-electron chi connectivity index (χ1n) is 8.76. The molecule has 0 aliphatic rings. The fourth-order valence-corrected chi connectivity index (χ4v) is 4.12. The number of aromatic nitrogens is 2. The quantitative estimate of drug-likeness (QED) is 0.541. The molecule has 0 spiro atoms. The Morgan fingerprint density at radius 2 is 1.85 bits per heavy atom. The lowest BCUT2D eigenvalue weighted by molar-refractivity contribution is -0.115. The molecule has 0 radical (unpaired) electrons. The lowest BCUT2D eigenvalue weighted by Crippen LogP contribution is -2.22. The van der Waals surface area contributed by atoms with Crippen molar-refractivity contribution in [2.75, 3.05) is 11.6 Å². The fourth-order valence-electron chi connectivity index (χ4n) is 2.69. The van der Waals surface area contributed by atoms with E-state index in [9.17, 15) is 4.79 Å². The molecule has 0 saturated heterocycles. The highest BCUT2D eigenvalue weighted by Gasteiger charge is 2.18. The van der Waals surface area contributed by atoms with E-state index < -0.39 is 0 Å². The number of para-hydroxylation sites is 1. The minimum atomic E-state index is -0.255. The molecule has 1 amide bonds. The molecule has 140 valence electrons. The van der Waals surface area contributed by atoms with Crippen LogP contribution in [0.25, 0.3) is 0 Å². The number of imidazole rings is 1. The summed E-state index contributed by atoms with van der Waals surface area (Å²) in [5.74, 6) is -0.0276. The zero-order chi connectivity index (χ0) is 19.2. The van der Waals surface area contributed by atoms with Crippen molar-refractivity contribution in [3.05, 3.63) is 71.5 Å². The van der Waals surface area contributed by atoms with Gasteiger partial charge in [0.25, 0.3) is 0 Å². The molecule has 0 aliphatic heterocycles. The van der Waals surface area contributed by atoms with Gasteiger partial charge in [0.15, 0.2) is 5.16 Å². The van der Waals surface area contributed by atoms with E-state index in [1.807, 2.05) is 62.6 Å². The van der Waals surface area contributed by atoms with Crippen LogP contribution in [0, 0.1) is 6.92 Å². The molecular weight excluding hydrogens is 374 g/mol. The molecule has 0 bridgehead atoms. The first-order chi connectivity index (χ1) is 13.1. The van der Waals surface area contributed by atoms with Crippen LogP contribution in [0.1, 0.15) is 23.9 Å². The molecule has 3 aromatic rings. The third-order valence-corrected chi connectivity index (χ3v) is 5.98. The van der Waals surface area contributed by atoms with Crippen molar-refractivity contribution in [1.29, 1.82) is 0 Å². The van der Waals surface area contributed by atoms with Crippen LogP contribution < -0.4 is 5.32 Å². The van der Waals surface area contributed by atoms with Crippen LogP contribution in [0.15, 0.2) is 64.6 Å². The number of carbonyl (C=O) groups is 1. The second kappa shape index (κ2) is 9.15. The Morgan fingerprint density at radius 3 is 2.59 bits per heavy atom. The number of anilines is 1. The van der Waals surface area contributed by atoms with Crippen LogP contribution in [0.2, 0.25) is 0 Å². The Kier molecular flexibility index (Phi) is 6.63. The summed E-state index contributed by atoms with van der Waals surface area (Å²) in [5.41, 5.74) is 4.14. The van der Waals surface area contributed by atoms with E-state index >= 15 is 0 Å². The zero-order valence-corrected chi connectivity index (χ0v) is 17.3. The molecule has 1 heterocycles. The highest BCUT2D eigenvalue weighted by atomic mass is 32.2. The molecule has 2 N–H and O–H groups in total. The Labute approximate surface area is 168 Å². The molecule has 0 fully saturated rings. The second-order valence-corrected chi connectivity index (χ2v) is 8.40. The lowest BCUT2D eigenvalue weighted by atomic mass is 10.1. The first kappa shape index (κ1) is 19.6.